The second-order valence-corrected chi connectivity index (χ2v) is 6.52. The molecule has 2 aromatic heterocycles. The van der Waals surface area contributed by atoms with Crippen LogP contribution in [0.1, 0.15) is 24.1 Å². The molecule has 0 saturated heterocycles. The summed E-state index contributed by atoms with van der Waals surface area (Å²) in [6, 6.07) is 5.87. The predicted molar refractivity (Wildman–Crippen MR) is 78.2 cm³/mol. The lowest BCUT2D eigenvalue weighted by Gasteiger charge is -2.27. The molecule has 2 aromatic rings. The van der Waals surface area contributed by atoms with E-state index < -0.39 is 0 Å². The zero-order valence-electron chi connectivity index (χ0n) is 10.3. The molecule has 19 heavy (non-hydrogen) atoms. The maximum absolute atomic E-state index is 12.0. The fraction of sp³-hybridized carbons (Fsp3) is 0.385. The van der Waals surface area contributed by atoms with E-state index in [-0.39, 0.29) is 5.56 Å². The fourth-order valence-corrected chi connectivity index (χ4v) is 3.07. The van der Waals surface area contributed by atoms with Crippen molar-refractivity contribution in [3.05, 3.63) is 44.0 Å². The highest BCUT2D eigenvalue weighted by Crippen LogP contribution is 2.23. The Bertz CT molecular complexity index is 633. The third-order valence-electron chi connectivity index (χ3n) is 3.28. The molecule has 0 aliphatic heterocycles. The van der Waals surface area contributed by atoms with Gasteiger partial charge in [0, 0.05) is 17.0 Å². The molecule has 1 saturated carbocycles. The number of thiophene rings is 1. The summed E-state index contributed by atoms with van der Waals surface area (Å²) < 4.78 is 2.18. The normalized spacial score (nSPS) is 15.2. The largest absolute Gasteiger partial charge is 0.381 e. The highest BCUT2D eigenvalue weighted by atomic mass is 35.5. The van der Waals surface area contributed by atoms with Crippen molar-refractivity contribution < 1.29 is 0 Å². The average molecular weight is 296 g/mol. The van der Waals surface area contributed by atoms with Crippen molar-refractivity contribution in [3.63, 3.8) is 0 Å². The van der Waals surface area contributed by atoms with E-state index in [9.17, 15) is 4.79 Å². The fourth-order valence-electron chi connectivity index (χ4n) is 2.00. The van der Waals surface area contributed by atoms with Crippen molar-refractivity contribution in [3.8, 4) is 0 Å². The molecule has 0 atom stereocenters. The van der Waals surface area contributed by atoms with Gasteiger partial charge in [-0.25, -0.2) is 4.68 Å². The molecule has 6 heteroatoms. The predicted octanol–water partition coefficient (Wildman–Crippen LogP) is 2.97. The number of anilines is 1. The van der Waals surface area contributed by atoms with E-state index in [4.69, 9.17) is 11.6 Å². The number of rotatable bonds is 4. The van der Waals surface area contributed by atoms with E-state index in [0.29, 0.717) is 12.6 Å². The maximum Gasteiger partial charge on any atom is 0.269 e. The second-order valence-electron chi connectivity index (χ2n) is 4.72. The number of hydrogen-bond acceptors (Lipinski definition) is 4. The van der Waals surface area contributed by atoms with Crippen LogP contribution in [0.4, 0.5) is 5.69 Å². The van der Waals surface area contributed by atoms with E-state index in [2.05, 4.69) is 10.4 Å². The van der Waals surface area contributed by atoms with Gasteiger partial charge in [0.2, 0.25) is 0 Å². The molecular weight excluding hydrogens is 282 g/mol. The van der Waals surface area contributed by atoms with Gasteiger partial charge >= 0.3 is 0 Å². The number of nitrogens with zero attached hydrogens (tertiary/aromatic N) is 2. The molecule has 1 N–H and O–H groups in total. The van der Waals surface area contributed by atoms with Gasteiger partial charge in [0.05, 0.1) is 22.8 Å². The summed E-state index contributed by atoms with van der Waals surface area (Å²) in [5.74, 6) is 0. The third kappa shape index (κ3) is 2.98. The van der Waals surface area contributed by atoms with Crippen LogP contribution >= 0.6 is 22.9 Å². The Kier molecular flexibility index (Phi) is 3.57. The summed E-state index contributed by atoms with van der Waals surface area (Å²) in [4.78, 5) is 13.0. The van der Waals surface area contributed by atoms with Crippen molar-refractivity contribution in [2.75, 3.05) is 5.32 Å². The summed E-state index contributed by atoms with van der Waals surface area (Å²) in [5.41, 5.74) is 0.726. The molecule has 1 aliphatic carbocycles. The van der Waals surface area contributed by atoms with Crippen LogP contribution in [0.5, 0.6) is 0 Å². The van der Waals surface area contributed by atoms with Crippen LogP contribution in [0.15, 0.2) is 29.2 Å². The molecule has 2 heterocycles. The lowest BCUT2D eigenvalue weighted by Crippen LogP contribution is -2.29. The molecule has 1 aliphatic rings. The van der Waals surface area contributed by atoms with E-state index in [1.165, 1.54) is 35.3 Å². The first-order chi connectivity index (χ1) is 9.20. The van der Waals surface area contributed by atoms with Gasteiger partial charge in [-0.15, -0.1) is 11.3 Å². The number of halogens is 1. The molecule has 0 radical (unpaired) electrons. The highest BCUT2D eigenvalue weighted by Gasteiger charge is 2.17. The van der Waals surface area contributed by atoms with Crippen molar-refractivity contribution in [2.45, 2.75) is 31.8 Å². The Morgan fingerprint density at radius 3 is 2.89 bits per heavy atom. The molecule has 4 nitrogen and oxygen atoms in total. The lowest BCUT2D eigenvalue weighted by molar-refractivity contribution is 0.445. The number of hydrogen-bond donors (Lipinski definition) is 1. The standard InChI is InChI=1S/C13H14ClN3OS/c14-12-5-4-11(19-12)8-17-13(18)6-10(7-15-17)16-9-2-1-3-9/h4-7,9,16H,1-3,8H2. The summed E-state index contributed by atoms with van der Waals surface area (Å²) in [6.07, 6.45) is 5.34. The molecule has 0 unspecified atom stereocenters. The van der Waals surface area contributed by atoms with E-state index in [0.717, 1.165) is 14.9 Å². The van der Waals surface area contributed by atoms with Gasteiger partial charge in [-0.3, -0.25) is 4.79 Å². The van der Waals surface area contributed by atoms with Gasteiger partial charge in [-0.1, -0.05) is 11.6 Å². The summed E-state index contributed by atoms with van der Waals surface area (Å²) in [6.45, 7) is 0.472. The van der Waals surface area contributed by atoms with Gasteiger partial charge < -0.3 is 5.32 Å². The van der Waals surface area contributed by atoms with Crippen LogP contribution in [0.2, 0.25) is 4.34 Å². The Balaban J connectivity index is 1.73. The molecular formula is C13H14ClN3OS. The van der Waals surface area contributed by atoms with Gasteiger partial charge in [0.15, 0.2) is 0 Å². The van der Waals surface area contributed by atoms with Crippen molar-refractivity contribution in [2.24, 2.45) is 0 Å². The van der Waals surface area contributed by atoms with Gasteiger partial charge in [0.25, 0.3) is 5.56 Å². The van der Waals surface area contributed by atoms with Gasteiger partial charge in [0.1, 0.15) is 0 Å². The number of aromatic nitrogens is 2. The van der Waals surface area contributed by atoms with Crippen LogP contribution < -0.4 is 10.9 Å². The van der Waals surface area contributed by atoms with Crippen molar-refractivity contribution in [1.29, 1.82) is 0 Å². The average Bonchev–Trinajstić information content (AvgIpc) is 2.73. The molecule has 0 spiro atoms. The first-order valence-corrected chi connectivity index (χ1v) is 7.48. The topological polar surface area (TPSA) is 46.9 Å². The van der Waals surface area contributed by atoms with E-state index in [1.54, 1.807) is 12.3 Å². The monoisotopic (exact) mass is 295 g/mol. The van der Waals surface area contributed by atoms with Crippen molar-refractivity contribution in [1.82, 2.24) is 9.78 Å². The zero-order chi connectivity index (χ0) is 13.2. The summed E-state index contributed by atoms with van der Waals surface area (Å²) in [5, 5.41) is 7.52. The SMILES string of the molecule is O=c1cc(NC2CCC2)cnn1Cc1ccc(Cl)s1. The molecule has 3 rings (SSSR count). The number of nitrogens with one attached hydrogen (secondary N) is 1. The maximum atomic E-state index is 12.0. The van der Waals surface area contributed by atoms with E-state index in [1.807, 2.05) is 12.1 Å². The third-order valence-corrected chi connectivity index (χ3v) is 4.50. The van der Waals surface area contributed by atoms with Gasteiger partial charge in [-0.2, -0.15) is 5.10 Å². The minimum Gasteiger partial charge on any atom is -0.381 e. The highest BCUT2D eigenvalue weighted by molar-refractivity contribution is 7.16. The van der Waals surface area contributed by atoms with Crippen LogP contribution in [-0.4, -0.2) is 15.8 Å². The van der Waals surface area contributed by atoms with Gasteiger partial charge in [-0.05, 0) is 31.4 Å². The quantitative estimate of drug-likeness (QED) is 0.943. The second kappa shape index (κ2) is 5.35. The molecule has 0 aromatic carbocycles. The first-order valence-electron chi connectivity index (χ1n) is 6.28. The van der Waals surface area contributed by atoms with Crippen LogP contribution in [0, 0.1) is 0 Å². The molecule has 1 fully saturated rings. The first kappa shape index (κ1) is 12.7. The molecule has 0 bridgehead atoms. The minimum atomic E-state index is -0.0890. The summed E-state index contributed by atoms with van der Waals surface area (Å²) >= 11 is 7.34. The Morgan fingerprint density at radius 1 is 1.47 bits per heavy atom. The molecule has 100 valence electrons. The summed E-state index contributed by atoms with van der Waals surface area (Å²) in [7, 11) is 0. The Labute approximate surface area is 120 Å². The smallest absolute Gasteiger partial charge is 0.269 e. The van der Waals surface area contributed by atoms with Crippen LogP contribution in [0.25, 0.3) is 0 Å². The Morgan fingerprint density at radius 2 is 2.32 bits per heavy atom. The minimum absolute atomic E-state index is 0.0890. The zero-order valence-corrected chi connectivity index (χ0v) is 11.9. The van der Waals surface area contributed by atoms with Crippen LogP contribution in [0.3, 0.4) is 0 Å². The van der Waals surface area contributed by atoms with Crippen molar-refractivity contribution >= 4 is 28.6 Å². The van der Waals surface area contributed by atoms with Crippen LogP contribution in [-0.2, 0) is 6.54 Å². The molecule has 0 amide bonds. The lowest BCUT2D eigenvalue weighted by atomic mass is 9.93. The Hall–Kier alpha value is -1.33. The van der Waals surface area contributed by atoms with E-state index >= 15 is 0 Å².